The number of rotatable bonds is 5. The SMILES string of the molecule is CCCC(N)C(=O)NC1CCCC(CC)C1. The molecule has 1 amide bonds. The number of nitrogens with one attached hydrogen (secondary N) is 1. The molecule has 94 valence electrons. The molecule has 0 saturated heterocycles. The van der Waals surface area contributed by atoms with Crippen LogP contribution in [0.1, 0.15) is 58.8 Å². The van der Waals surface area contributed by atoms with Gasteiger partial charge in [-0.15, -0.1) is 0 Å². The molecular formula is C13H26N2O. The highest BCUT2D eigenvalue weighted by atomic mass is 16.2. The standard InChI is InChI=1S/C13H26N2O/c1-3-6-12(14)13(16)15-11-8-5-7-10(4-2)9-11/h10-12H,3-9,14H2,1-2H3,(H,15,16). The fourth-order valence-electron chi connectivity index (χ4n) is 2.54. The fourth-order valence-corrected chi connectivity index (χ4v) is 2.54. The summed E-state index contributed by atoms with van der Waals surface area (Å²) < 4.78 is 0. The Labute approximate surface area is 99.2 Å². The largest absolute Gasteiger partial charge is 0.352 e. The lowest BCUT2D eigenvalue weighted by Crippen LogP contribution is -2.46. The van der Waals surface area contributed by atoms with Gasteiger partial charge in [0.25, 0.3) is 0 Å². The zero-order chi connectivity index (χ0) is 12.0. The Balaban J connectivity index is 2.32. The topological polar surface area (TPSA) is 55.1 Å². The van der Waals surface area contributed by atoms with Gasteiger partial charge in [-0.25, -0.2) is 0 Å². The summed E-state index contributed by atoms with van der Waals surface area (Å²) in [4.78, 5) is 11.8. The van der Waals surface area contributed by atoms with E-state index in [2.05, 4.69) is 19.2 Å². The minimum absolute atomic E-state index is 0.0450. The summed E-state index contributed by atoms with van der Waals surface area (Å²) in [5.41, 5.74) is 5.80. The van der Waals surface area contributed by atoms with Crippen LogP contribution in [0.5, 0.6) is 0 Å². The third kappa shape index (κ3) is 4.12. The van der Waals surface area contributed by atoms with E-state index in [0.29, 0.717) is 6.04 Å². The van der Waals surface area contributed by atoms with E-state index in [0.717, 1.165) is 31.6 Å². The van der Waals surface area contributed by atoms with Gasteiger partial charge >= 0.3 is 0 Å². The van der Waals surface area contributed by atoms with Gasteiger partial charge in [-0.3, -0.25) is 4.79 Å². The highest BCUT2D eigenvalue weighted by Crippen LogP contribution is 2.26. The van der Waals surface area contributed by atoms with Gasteiger partial charge in [-0.1, -0.05) is 39.5 Å². The molecule has 3 unspecified atom stereocenters. The normalized spacial score (nSPS) is 27.4. The van der Waals surface area contributed by atoms with Gasteiger partial charge < -0.3 is 11.1 Å². The Morgan fingerprint density at radius 3 is 2.81 bits per heavy atom. The second kappa shape index (κ2) is 6.89. The van der Waals surface area contributed by atoms with Crippen molar-refractivity contribution >= 4 is 5.91 Å². The predicted molar refractivity (Wildman–Crippen MR) is 67.1 cm³/mol. The van der Waals surface area contributed by atoms with Crippen molar-refractivity contribution < 1.29 is 4.79 Å². The summed E-state index contributed by atoms with van der Waals surface area (Å²) in [6, 6.07) is 0.0566. The van der Waals surface area contributed by atoms with Crippen molar-refractivity contribution in [3.05, 3.63) is 0 Å². The van der Waals surface area contributed by atoms with Gasteiger partial charge in [0.1, 0.15) is 0 Å². The minimum atomic E-state index is -0.313. The molecular weight excluding hydrogens is 200 g/mol. The molecule has 3 heteroatoms. The van der Waals surface area contributed by atoms with E-state index in [1.807, 2.05) is 0 Å². The summed E-state index contributed by atoms with van der Waals surface area (Å²) in [5, 5.41) is 3.10. The van der Waals surface area contributed by atoms with Gasteiger partial charge in [0, 0.05) is 6.04 Å². The average molecular weight is 226 g/mol. The molecule has 0 aromatic heterocycles. The third-order valence-corrected chi connectivity index (χ3v) is 3.64. The lowest BCUT2D eigenvalue weighted by Gasteiger charge is -2.29. The van der Waals surface area contributed by atoms with Crippen LogP contribution in [0, 0.1) is 5.92 Å². The molecule has 0 aromatic carbocycles. The number of hydrogen-bond acceptors (Lipinski definition) is 2. The van der Waals surface area contributed by atoms with Crippen molar-refractivity contribution in [2.24, 2.45) is 11.7 Å². The van der Waals surface area contributed by atoms with Crippen LogP contribution < -0.4 is 11.1 Å². The van der Waals surface area contributed by atoms with Crippen LogP contribution in [0.3, 0.4) is 0 Å². The van der Waals surface area contributed by atoms with Crippen LogP contribution >= 0.6 is 0 Å². The van der Waals surface area contributed by atoms with E-state index in [9.17, 15) is 4.79 Å². The minimum Gasteiger partial charge on any atom is -0.352 e. The zero-order valence-electron chi connectivity index (χ0n) is 10.7. The monoisotopic (exact) mass is 226 g/mol. The fraction of sp³-hybridized carbons (Fsp3) is 0.923. The Bertz CT molecular complexity index is 218. The highest BCUT2D eigenvalue weighted by Gasteiger charge is 2.23. The molecule has 16 heavy (non-hydrogen) atoms. The van der Waals surface area contributed by atoms with Crippen molar-refractivity contribution in [3.63, 3.8) is 0 Å². The molecule has 3 N–H and O–H groups in total. The van der Waals surface area contributed by atoms with Crippen molar-refractivity contribution in [1.29, 1.82) is 0 Å². The van der Waals surface area contributed by atoms with Crippen LogP contribution in [-0.2, 0) is 4.79 Å². The molecule has 1 aliphatic carbocycles. The first-order valence-electron chi connectivity index (χ1n) is 6.73. The van der Waals surface area contributed by atoms with Gasteiger partial charge in [0.05, 0.1) is 6.04 Å². The molecule has 3 nitrogen and oxygen atoms in total. The molecule has 0 spiro atoms. The number of hydrogen-bond donors (Lipinski definition) is 2. The molecule has 0 bridgehead atoms. The van der Waals surface area contributed by atoms with E-state index < -0.39 is 0 Å². The summed E-state index contributed by atoms with van der Waals surface area (Å²) in [6.07, 6.45) is 7.82. The van der Waals surface area contributed by atoms with Crippen LogP contribution in [0.2, 0.25) is 0 Å². The maximum Gasteiger partial charge on any atom is 0.237 e. The van der Waals surface area contributed by atoms with E-state index in [1.54, 1.807) is 0 Å². The Morgan fingerprint density at radius 1 is 1.44 bits per heavy atom. The summed E-state index contributed by atoms with van der Waals surface area (Å²) in [7, 11) is 0. The average Bonchev–Trinajstić information content (AvgIpc) is 2.29. The summed E-state index contributed by atoms with van der Waals surface area (Å²) in [6.45, 7) is 4.29. The molecule has 0 radical (unpaired) electrons. The van der Waals surface area contributed by atoms with E-state index in [4.69, 9.17) is 5.73 Å². The third-order valence-electron chi connectivity index (χ3n) is 3.64. The quantitative estimate of drug-likeness (QED) is 0.755. The second-order valence-corrected chi connectivity index (χ2v) is 5.04. The molecule has 0 aromatic rings. The molecule has 0 aliphatic heterocycles. The lowest BCUT2D eigenvalue weighted by atomic mass is 9.84. The lowest BCUT2D eigenvalue weighted by molar-refractivity contribution is -0.123. The molecule has 1 aliphatic rings. The van der Waals surface area contributed by atoms with E-state index in [1.165, 1.54) is 19.3 Å². The second-order valence-electron chi connectivity index (χ2n) is 5.04. The van der Waals surface area contributed by atoms with Crippen molar-refractivity contribution in [2.45, 2.75) is 70.9 Å². The first-order valence-corrected chi connectivity index (χ1v) is 6.73. The molecule has 0 heterocycles. The van der Waals surface area contributed by atoms with Gasteiger partial charge in [-0.2, -0.15) is 0 Å². The number of nitrogens with two attached hydrogens (primary N) is 1. The Hall–Kier alpha value is -0.570. The molecule has 1 rings (SSSR count). The van der Waals surface area contributed by atoms with Crippen LogP contribution in [0.15, 0.2) is 0 Å². The molecule has 1 fully saturated rings. The zero-order valence-corrected chi connectivity index (χ0v) is 10.7. The Morgan fingerprint density at radius 2 is 2.19 bits per heavy atom. The van der Waals surface area contributed by atoms with Crippen LogP contribution in [-0.4, -0.2) is 18.0 Å². The van der Waals surface area contributed by atoms with Crippen LogP contribution in [0.25, 0.3) is 0 Å². The van der Waals surface area contributed by atoms with E-state index >= 15 is 0 Å². The maximum atomic E-state index is 11.8. The van der Waals surface area contributed by atoms with Gasteiger partial charge in [0.15, 0.2) is 0 Å². The van der Waals surface area contributed by atoms with Gasteiger partial charge in [-0.05, 0) is 25.2 Å². The Kier molecular flexibility index (Phi) is 5.81. The first-order chi connectivity index (χ1) is 7.67. The first kappa shape index (κ1) is 13.5. The summed E-state index contributed by atoms with van der Waals surface area (Å²) in [5.74, 6) is 0.838. The maximum absolute atomic E-state index is 11.8. The van der Waals surface area contributed by atoms with Crippen molar-refractivity contribution in [2.75, 3.05) is 0 Å². The number of carbonyl (C=O) groups excluding carboxylic acids is 1. The summed E-state index contributed by atoms with van der Waals surface area (Å²) >= 11 is 0. The molecule has 3 atom stereocenters. The smallest absolute Gasteiger partial charge is 0.237 e. The van der Waals surface area contributed by atoms with E-state index in [-0.39, 0.29) is 11.9 Å². The number of carbonyl (C=O) groups is 1. The molecule has 1 saturated carbocycles. The predicted octanol–water partition coefficient (Wildman–Crippen LogP) is 2.20. The van der Waals surface area contributed by atoms with Crippen molar-refractivity contribution in [3.8, 4) is 0 Å². The van der Waals surface area contributed by atoms with Gasteiger partial charge in [0.2, 0.25) is 5.91 Å². The number of amides is 1. The van der Waals surface area contributed by atoms with Crippen LogP contribution in [0.4, 0.5) is 0 Å². The van der Waals surface area contributed by atoms with Crippen molar-refractivity contribution in [1.82, 2.24) is 5.32 Å². The highest BCUT2D eigenvalue weighted by molar-refractivity contribution is 5.81.